The Labute approximate surface area is 269 Å². The molecule has 4 rings (SSSR count). The molecular weight excluding hydrogens is 615 g/mol. The molecule has 1 atom stereocenters. The second-order valence-corrected chi connectivity index (χ2v) is 11.2. The minimum absolute atomic E-state index is 0.0223. The lowest BCUT2D eigenvalue weighted by Crippen LogP contribution is -2.30. The molecule has 0 aliphatic rings. The molecule has 0 spiro atoms. The Hall–Kier alpha value is -5.03. The minimum atomic E-state index is -4.53. The third kappa shape index (κ3) is 9.48. The highest BCUT2D eigenvalue weighted by atomic mass is 32.2. The molecule has 4 aromatic carbocycles. The normalized spacial score (nSPS) is 12.2. The molecule has 0 aromatic heterocycles. The summed E-state index contributed by atoms with van der Waals surface area (Å²) in [6, 6.07) is 26.8. The molecule has 3 N–H and O–H groups in total. The fourth-order valence-electron chi connectivity index (χ4n) is 4.31. The van der Waals surface area contributed by atoms with Crippen LogP contribution in [-0.4, -0.2) is 29.6 Å². The molecule has 1 unspecified atom stereocenters. The summed E-state index contributed by atoms with van der Waals surface area (Å²) in [7, 11) is 0. The minimum Gasteiger partial charge on any atom is -0.493 e. The maximum Gasteiger partial charge on any atom is 0.416 e. The lowest BCUT2D eigenvalue weighted by atomic mass is 10.1. The van der Waals surface area contributed by atoms with Crippen molar-refractivity contribution in [1.29, 1.82) is 0 Å². The first-order chi connectivity index (χ1) is 22.1. The van der Waals surface area contributed by atoms with E-state index in [4.69, 9.17) is 4.74 Å². The van der Waals surface area contributed by atoms with Crippen molar-refractivity contribution in [2.45, 2.75) is 36.6 Å². The van der Waals surface area contributed by atoms with Crippen LogP contribution in [0.3, 0.4) is 0 Å². The van der Waals surface area contributed by atoms with Gasteiger partial charge in [0.1, 0.15) is 11.4 Å². The van der Waals surface area contributed by atoms with Gasteiger partial charge in [-0.1, -0.05) is 55.5 Å². The molecular formula is C35H32F3N3O4S. The zero-order valence-corrected chi connectivity index (χ0v) is 25.9. The van der Waals surface area contributed by atoms with Crippen LogP contribution in [0.5, 0.6) is 5.75 Å². The SMILES string of the molecule is CCOc1ccccc1/C=C(/NC(=O)c1ccccc1)C(=O)Nc1cccc(SC(CC)C(=O)Nc2cccc(C(F)(F)F)c2)c1. The van der Waals surface area contributed by atoms with Crippen molar-refractivity contribution in [2.24, 2.45) is 0 Å². The number of hydrogen-bond donors (Lipinski definition) is 3. The third-order valence-electron chi connectivity index (χ3n) is 6.54. The standard InChI is InChI=1S/C35H32F3N3O4S/c1-3-31(34(44)40-26-16-10-15-25(21-26)35(36,37)38)46-28-18-11-17-27(22-28)39-33(43)29(41-32(42)23-12-6-5-7-13-23)20-24-14-8-9-19-30(24)45-4-2/h5-22,31H,3-4H2,1-2H3,(H,39,43)(H,40,44)(H,41,42)/b29-20+. The Morgan fingerprint density at radius 1 is 0.826 bits per heavy atom. The fraction of sp³-hybridized carbons (Fsp3) is 0.171. The Morgan fingerprint density at radius 2 is 1.50 bits per heavy atom. The van der Waals surface area contributed by atoms with Gasteiger partial charge in [0.25, 0.3) is 11.8 Å². The highest BCUT2D eigenvalue weighted by Crippen LogP contribution is 2.32. The quantitative estimate of drug-likeness (QED) is 0.107. The number of benzene rings is 4. The first-order valence-corrected chi connectivity index (χ1v) is 15.3. The average molecular weight is 648 g/mol. The largest absolute Gasteiger partial charge is 0.493 e. The van der Waals surface area contributed by atoms with E-state index in [0.29, 0.717) is 40.5 Å². The lowest BCUT2D eigenvalue weighted by Gasteiger charge is -2.17. The second kappa shape index (κ2) is 15.8. The van der Waals surface area contributed by atoms with Gasteiger partial charge in [0.05, 0.1) is 17.4 Å². The number of para-hydroxylation sites is 1. The van der Waals surface area contributed by atoms with Crippen LogP contribution in [0, 0.1) is 0 Å². The summed E-state index contributed by atoms with van der Waals surface area (Å²) >= 11 is 1.21. The van der Waals surface area contributed by atoms with Crippen LogP contribution >= 0.6 is 11.8 Å². The molecule has 11 heteroatoms. The second-order valence-electron chi connectivity index (χ2n) is 9.91. The van der Waals surface area contributed by atoms with Gasteiger partial charge in [0.15, 0.2) is 0 Å². The van der Waals surface area contributed by atoms with E-state index in [1.54, 1.807) is 85.8 Å². The van der Waals surface area contributed by atoms with E-state index in [0.717, 1.165) is 12.1 Å². The number of halogens is 3. The summed E-state index contributed by atoms with van der Waals surface area (Å²) < 4.78 is 45.0. The van der Waals surface area contributed by atoms with Crippen LogP contribution in [0.15, 0.2) is 114 Å². The zero-order chi connectivity index (χ0) is 33.1. The number of ether oxygens (including phenoxy) is 1. The summed E-state index contributed by atoms with van der Waals surface area (Å²) in [4.78, 5) is 40.2. The van der Waals surface area contributed by atoms with Gasteiger partial charge in [-0.3, -0.25) is 14.4 Å². The summed E-state index contributed by atoms with van der Waals surface area (Å²) in [6.45, 7) is 4.04. The Morgan fingerprint density at radius 3 is 2.20 bits per heavy atom. The molecule has 0 saturated carbocycles. The molecule has 3 amide bonds. The fourth-order valence-corrected chi connectivity index (χ4v) is 5.33. The van der Waals surface area contributed by atoms with Gasteiger partial charge < -0.3 is 20.7 Å². The van der Waals surface area contributed by atoms with Gasteiger partial charge in [0.2, 0.25) is 5.91 Å². The van der Waals surface area contributed by atoms with Gasteiger partial charge in [-0.25, -0.2) is 0 Å². The van der Waals surface area contributed by atoms with E-state index in [2.05, 4.69) is 16.0 Å². The van der Waals surface area contributed by atoms with E-state index in [1.165, 1.54) is 30.0 Å². The molecule has 0 radical (unpaired) electrons. The van der Waals surface area contributed by atoms with Gasteiger partial charge in [-0.15, -0.1) is 11.8 Å². The maximum absolute atomic E-state index is 13.6. The molecule has 0 saturated heterocycles. The molecule has 0 fully saturated rings. The van der Waals surface area contributed by atoms with Crippen LogP contribution in [0.25, 0.3) is 6.08 Å². The smallest absolute Gasteiger partial charge is 0.416 e. The van der Waals surface area contributed by atoms with Crippen molar-refractivity contribution in [3.8, 4) is 5.75 Å². The summed E-state index contributed by atoms with van der Waals surface area (Å²) in [5.74, 6) is -0.982. The highest BCUT2D eigenvalue weighted by molar-refractivity contribution is 8.00. The summed E-state index contributed by atoms with van der Waals surface area (Å²) in [5.41, 5.74) is 0.523. The summed E-state index contributed by atoms with van der Waals surface area (Å²) in [6.07, 6.45) is -2.61. The van der Waals surface area contributed by atoms with Gasteiger partial charge >= 0.3 is 6.18 Å². The number of amides is 3. The van der Waals surface area contributed by atoms with Crippen LogP contribution < -0.4 is 20.7 Å². The van der Waals surface area contributed by atoms with Crippen LogP contribution in [-0.2, 0) is 15.8 Å². The molecule has 46 heavy (non-hydrogen) atoms. The van der Waals surface area contributed by atoms with Crippen molar-refractivity contribution in [3.05, 3.63) is 126 Å². The number of carbonyl (C=O) groups is 3. The predicted molar refractivity (Wildman–Crippen MR) is 175 cm³/mol. The lowest BCUT2D eigenvalue weighted by molar-refractivity contribution is -0.137. The molecule has 0 aliphatic carbocycles. The first kappa shape index (κ1) is 33.9. The maximum atomic E-state index is 13.6. The van der Waals surface area contributed by atoms with Gasteiger partial charge in [-0.05, 0) is 74.0 Å². The van der Waals surface area contributed by atoms with E-state index in [-0.39, 0.29) is 11.4 Å². The zero-order valence-electron chi connectivity index (χ0n) is 25.1. The van der Waals surface area contributed by atoms with Crippen molar-refractivity contribution in [1.82, 2.24) is 5.32 Å². The number of anilines is 2. The highest BCUT2D eigenvalue weighted by Gasteiger charge is 2.30. The number of alkyl halides is 3. The Bertz CT molecular complexity index is 1710. The van der Waals surface area contributed by atoms with Crippen LogP contribution in [0.4, 0.5) is 24.5 Å². The number of nitrogens with one attached hydrogen (secondary N) is 3. The van der Waals surface area contributed by atoms with Crippen molar-refractivity contribution in [2.75, 3.05) is 17.2 Å². The van der Waals surface area contributed by atoms with E-state index >= 15 is 0 Å². The predicted octanol–water partition coefficient (Wildman–Crippen LogP) is 8.02. The average Bonchev–Trinajstić information content (AvgIpc) is 3.04. The monoisotopic (exact) mass is 647 g/mol. The van der Waals surface area contributed by atoms with Crippen molar-refractivity contribution < 1.29 is 32.3 Å². The number of hydrogen-bond acceptors (Lipinski definition) is 5. The van der Waals surface area contributed by atoms with E-state index in [1.807, 2.05) is 6.92 Å². The molecule has 238 valence electrons. The molecule has 0 heterocycles. The molecule has 0 aliphatic heterocycles. The van der Waals surface area contributed by atoms with Gasteiger partial charge in [-0.2, -0.15) is 13.2 Å². The summed E-state index contributed by atoms with van der Waals surface area (Å²) in [5, 5.41) is 7.45. The molecule has 4 aromatic rings. The topological polar surface area (TPSA) is 96.5 Å². The van der Waals surface area contributed by atoms with E-state index in [9.17, 15) is 27.6 Å². The Kier molecular flexibility index (Phi) is 11.6. The van der Waals surface area contributed by atoms with E-state index < -0.39 is 34.7 Å². The van der Waals surface area contributed by atoms with Crippen LogP contribution in [0.1, 0.15) is 41.8 Å². The van der Waals surface area contributed by atoms with Crippen molar-refractivity contribution in [3.63, 3.8) is 0 Å². The van der Waals surface area contributed by atoms with Crippen LogP contribution in [0.2, 0.25) is 0 Å². The Balaban J connectivity index is 1.52. The number of carbonyl (C=O) groups excluding carboxylic acids is 3. The van der Waals surface area contributed by atoms with Crippen molar-refractivity contribution >= 4 is 46.9 Å². The first-order valence-electron chi connectivity index (χ1n) is 14.4. The number of thioether (sulfide) groups is 1. The molecule has 0 bridgehead atoms. The molecule has 7 nitrogen and oxygen atoms in total. The number of rotatable bonds is 12. The third-order valence-corrected chi connectivity index (χ3v) is 7.90. The van der Waals surface area contributed by atoms with Gasteiger partial charge in [0, 0.05) is 27.4 Å².